The molecular weight excluding hydrogens is 230 g/mol. The maximum atomic E-state index is 12.3. The summed E-state index contributed by atoms with van der Waals surface area (Å²) in [6.07, 6.45) is 3.04. The number of aryl methyl sites for hydroxylation is 1. The van der Waals surface area contributed by atoms with Crippen LogP contribution < -0.4 is 5.32 Å². The van der Waals surface area contributed by atoms with Gasteiger partial charge in [-0.05, 0) is 19.4 Å². The van der Waals surface area contributed by atoms with Crippen molar-refractivity contribution in [1.29, 1.82) is 0 Å². The molecule has 0 bridgehead atoms. The Morgan fingerprint density at radius 2 is 2.39 bits per heavy atom. The number of hydrogen-bond donors (Lipinski definition) is 2. The number of amides is 1. The Labute approximate surface area is 106 Å². The van der Waals surface area contributed by atoms with Crippen LogP contribution in [0, 0.1) is 5.41 Å². The summed E-state index contributed by atoms with van der Waals surface area (Å²) >= 11 is 0. The second-order valence-electron chi connectivity index (χ2n) is 5.36. The van der Waals surface area contributed by atoms with Gasteiger partial charge in [-0.1, -0.05) is 6.92 Å². The molecule has 1 atom stereocenters. The van der Waals surface area contributed by atoms with Crippen LogP contribution in [0.5, 0.6) is 0 Å². The van der Waals surface area contributed by atoms with Gasteiger partial charge in [0.15, 0.2) is 0 Å². The molecule has 1 aromatic heterocycles. The van der Waals surface area contributed by atoms with Gasteiger partial charge in [-0.15, -0.1) is 5.10 Å². The van der Waals surface area contributed by atoms with Crippen LogP contribution in [0.25, 0.3) is 0 Å². The predicted octanol–water partition coefficient (Wildman–Crippen LogP) is 0.193. The molecule has 0 aliphatic carbocycles. The zero-order chi connectivity index (χ0) is 12.6. The highest BCUT2D eigenvalue weighted by Crippen LogP contribution is 2.36. The molecule has 98 valence electrons. The second-order valence-corrected chi connectivity index (χ2v) is 5.36. The lowest BCUT2D eigenvalue weighted by Crippen LogP contribution is -2.33. The molecule has 6 nitrogen and oxygen atoms in total. The molecule has 3 rings (SSSR count). The summed E-state index contributed by atoms with van der Waals surface area (Å²) in [5.74, 6) is 1.05. The molecule has 2 aliphatic heterocycles. The molecule has 0 aromatic carbocycles. The van der Waals surface area contributed by atoms with Crippen molar-refractivity contribution < 1.29 is 4.79 Å². The first-order valence-electron chi connectivity index (χ1n) is 6.64. The van der Waals surface area contributed by atoms with E-state index in [0.29, 0.717) is 11.2 Å². The Bertz CT molecular complexity index is 449. The maximum absolute atomic E-state index is 12.3. The fraction of sp³-hybridized carbons (Fsp3) is 0.750. The summed E-state index contributed by atoms with van der Waals surface area (Å²) in [6.45, 7) is 5.77. The first kappa shape index (κ1) is 11.6. The van der Waals surface area contributed by atoms with Crippen molar-refractivity contribution in [2.45, 2.75) is 26.2 Å². The quantitative estimate of drug-likeness (QED) is 0.785. The number of carbonyl (C=O) groups is 1. The third kappa shape index (κ3) is 1.90. The van der Waals surface area contributed by atoms with Crippen molar-refractivity contribution in [2.24, 2.45) is 5.41 Å². The first-order valence-corrected chi connectivity index (χ1v) is 6.64. The van der Waals surface area contributed by atoms with E-state index in [0.717, 1.165) is 44.8 Å². The number of likely N-dealkylation sites (tertiary alicyclic amines) is 1. The lowest BCUT2D eigenvalue weighted by molar-refractivity contribution is 0.0764. The molecule has 3 heterocycles. The number of nitrogens with one attached hydrogen (secondary N) is 2. The van der Waals surface area contributed by atoms with E-state index in [1.807, 2.05) is 11.8 Å². The third-order valence-electron chi connectivity index (χ3n) is 4.12. The number of aromatic amines is 1. The number of rotatable bonds is 2. The van der Waals surface area contributed by atoms with Crippen LogP contribution in [0.4, 0.5) is 0 Å². The zero-order valence-electron chi connectivity index (χ0n) is 10.7. The Morgan fingerprint density at radius 1 is 1.50 bits per heavy atom. The van der Waals surface area contributed by atoms with Gasteiger partial charge in [0.05, 0.1) is 0 Å². The van der Waals surface area contributed by atoms with E-state index in [-0.39, 0.29) is 5.91 Å². The molecule has 1 aromatic rings. The minimum absolute atomic E-state index is 0.0327. The van der Waals surface area contributed by atoms with Crippen molar-refractivity contribution in [2.75, 3.05) is 26.2 Å². The monoisotopic (exact) mass is 249 g/mol. The number of hydrogen-bond acceptors (Lipinski definition) is 4. The van der Waals surface area contributed by atoms with Gasteiger partial charge in [-0.2, -0.15) is 0 Å². The van der Waals surface area contributed by atoms with Crippen LogP contribution in [-0.2, 0) is 6.42 Å². The van der Waals surface area contributed by atoms with Crippen molar-refractivity contribution in [3.8, 4) is 0 Å². The first-order chi connectivity index (χ1) is 8.72. The molecule has 2 saturated heterocycles. The minimum Gasteiger partial charge on any atom is -0.335 e. The summed E-state index contributed by atoms with van der Waals surface area (Å²) < 4.78 is 0. The molecule has 2 fully saturated rings. The Kier molecular flexibility index (Phi) is 2.81. The molecule has 1 unspecified atom stereocenters. The molecular formula is C12H19N5O. The molecule has 18 heavy (non-hydrogen) atoms. The maximum Gasteiger partial charge on any atom is 0.293 e. The molecule has 1 spiro atoms. The van der Waals surface area contributed by atoms with E-state index in [1.54, 1.807) is 0 Å². The van der Waals surface area contributed by atoms with E-state index in [9.17, 15) is 4.79 Å². The van der Waals surface area contributed by atoms with E-state index in [4.69, 9.17) is 0 Å². The largest absolute Gasteiger partial charge is 0.335 e. The summed E-state index contributed by atoms with van der Waals surface area (Å²) in [5, 5.41) is 10.2. The Morgan fingerprint density at radius 3 is 3.06 bits per heavy atom. The lowest BCUT2D eigenvalue weighted by Gasteiger charge is -2.21. The Hall–Kier alpha value is -1.43. The second kappa shape index (κ2) is 4.35. The van der Waals surface area contributed by atoms with Crippen LogP contribution in [0.2, 0.25) is 0 Å². The molecule has 1 amide bonds. The Balaban J connectivity index is 1.70. The van der Waals surface area contributed by atoms with E-state index in [2.05, 4.69) is 20.5 Å². The normalized spacial score (nSPS) is 27.3. The molecule has 0 radical (unpaired) electrons. The summed E-state index contributed by atoms with van der Waals surface area (Å²) in [4.78, 5) is 18.4. The minimum atomic E-state index is -0.0327. The van der Waals surface area contributed by atoms with E-state index in [1.165, 1.54) is 6.42 Å². The van der Waals surface area contributed by atoms with Gasteiger partial charge >= 0.3 is 0 Å². The van der Waals surface area contributed by atoms with Gasteiger partial charge in [-0.3, -0.25) is 9.89 Å². The van der Waals surface area contributed by atoms with Crippen LogP contribution >= 0.6 is 0 Å². The van der Waals surface area contributed by atoms with Crippen LogP contribution in [0.1, 0.15) is 36.2 Å². The fourth-order valence-corrected chi connectivity index (χ4v) is 2.94. The lowest BCUT2D eigenvalue weighted by atomic mass is 9.87. The van der Waals surface area contributed by atoms with Gasteiger partial charge in [-0.25, -0.2) is 4.98 Å². The number of aromatic nitrogens is 3. The highest BCUT2D eigenvalue weighted by molar-refractivity contribution is 5.90. The van der Waals surface area contributed by atoms with E-state index >= 15 is 0 Å². The zero-order valence-corrected chi connectivity index (χ0v) is 10.7. The number of H-pyrrole nitrogens is 1. The summed E-state index contributed by atoms with van der Waals surface area (Å²) in [6, 6.07) is 0. The van der Waals surface area contributed by atoms with Gasteiger partial charge < -0.3 is 10.2 Å². The average Bonchev–Trinajstić information content (AvgIpc) is 3.11. The molecule has 6 heteroatoms. The van der Waals surface area contributed by atoms with Crippen molar-refractivity contribution in [1.82, 2.24) is 25.4 Å². The van der Waals surface area contributed by atoms with Gasteiger partial charge in [0.2, 0.25) is 5.82 Å². The van der Waals surface area contributed by atoms with Crippen LogP contribution in [-0.4, -0.2) is 52.2 Å². The molecule has 2 aliphatic rings. The topological polar surface area (TPSA) is 73.9 Å². The smallest absolute Gasteiger partial charge is 0.293 e. The third-order valence-corrected chi connectivity index (χ3v) is 4.12. The molecule has 0 saturated carbocycles. The van der Waals surface area contributed by atoms with Crippen LogP contribution in [0.3, 0.4) is 0 Å². The van der Waals surface area contributed by atoms with Gasteiger partial charge in [0.1, 0.15) is 5.82 Å². The van der Waals surface area contributed by atoms with Gasteiger partial charge in [0.25, 0.3) is 5.91 Å². The van der Waals surface area contributed by atoms with Crippen molar-refractivity contribution in [3.63, 3.8) is 0 Å². The number of nitrogens with zero attached hydrogens (tertiary/aromatic N) is 3. The van der Waals surface area contributed by atoms with Crippen molar-refractivity contribution in [3.05, 3.63) is 11.6 Å². The fourth-order valence-electron chi connectivity index (χ4n) is 2.94. The van der Waals surface area contributed by atoms with Gasteiger partial charge in [0, 0.05) is 31.5 Å². The average molecular weight is 249 g/mol. The highest BCUT2D eigenvalue weighted by Gasteiger charge is 2.42. The standard InChI is InChI=1S/C12H19N5O/c1-2-9-14-10(16-15-9)11(18)17-6-4-12(8-17)3-5-13-7-12/h13H,2-8H2,1H3,(H,14,15,16). The number of carbonyl (C=O) groups excluding carboxylic acids is 1. The van der Waals surface area contributed by atoms with E-state index < -0.39 is 0 Å². The SMILES string of the molecule is CCc1nc(C(=O)N2CCC3(CCNC3)C2)n[nH]1. The summed E-state index contributed by atoms with van der Waals surface area (Å²) in [7, 11) is 0. The highest BCUT2D eigenvalue weighted by atomic mass is 16.2. The summed E-state index contributed by atoms with van der Waals surface area (Å²) in [5.41, 5.74) is 0.305. The predicted molar refractivity (Wildman–Crippen MR) is 66.2 cm³/mol. The van der Waals surface area contributed by atoms with Crippen molar-refractivity contribution >= 4 is 5.91 Å². The molecule has 2 N–H and O–H groups in total. The van der Waals surface area contributed by atoms with Crippen LogP contribution in [0.15, 0.2) is 0 Å².